The summed E-state index contributed by atoms with van der Waals surface area (Å²) < 4.78 is 26.3. The smallest absolute Gasteiger partial charge is 0.254 e. The zero-order valence-electron chi connectivity index (χ0n) is 22.9. The molecule has 1 saturated heterocycles. The number of ether oxygens (including phenoxy) is 2. The second-order valence-electron chi connectivity index (χ2n) is 10.4. The summed E-state index contributed by atoms with van der Waals surface area (Å²) in [6, 6.07) is 17.8. The average molecular weight is 544 g/mol. The third kappa shape index (κ3) is 4.45. The number of carbonyl (C=O) groups excluding carboxylic acids is 2. The third-order valence-corrected chi connectivity index (χ3v) is 8.24. The summed E-state index contributed by atoms with van der Waals surface area (Å²) >= 11 is 0. The Kier molecular flexibility index (Phi) is 7.09. The van der Waals surface area contributed by atoms with Crippen LogP contribution in [0.5, 0.6) is 11.5 Å². The number of amides is 2. The fourth-order valence-corrected chi connectivity index (χ4v) is 6.41. The Bertz CT molecular complexity index is 1440. The van der Waals surface area contributed by atoms with Crippen molar-refractivity contribution in [1.29, 1.82) is 0 Å². The lowest BCUT2D eigenvalue weighted by Gasteiger charge is -2.47. The van der Waals surface area contributed by atoms with Gasteiger partial charge in [0, 0.05) is 38.3 Å². The van der Waals surface area contributed by atoms with E-state index in [0.29, 0.717) is 75.1 Å². The molecule has 7 nitrogen and oxygen atoms in total. The fourth-order valence-electron chi connectivity index (χ4n) is 6.41. The van der Waals surface area contributed by atoms with Crippen LogP contribution in [0.4, 0.5) is 10.1 Å². The number of anilines is 1. The second kappa shape index (κ2) is 10.8. The maximum Gasteiger partial charge on any atom is 0.254 e. The quantitative estimate of drug-likeness (QED) is 0.447. The molecule has 1 fully saturated rings. The van der Waals surface area contributed by atoms with Gasteiger partial charge >= 0.3 is 0 Å². The molecule has 0 N–H and O–H groups in total. The van der Waals surface area contributed by atoms with Gasteiger partial charge in [0.25, 0.3) is 5.91 Å². The summed E-state index contributed by atoms with van der Waals surface area (Å²) in [5.41, 5.74) is 3.91. The standard InChI is InChI=1S/C32H34FN3O4/c1-3-39-27-19-21-13-14-36-30(24(21)20-28(27)40-4-2)29(22-9-5-6-10-23(22)31(36)37)32(38)35-17-15-34(16-18-35)26-12-8-7-11-25(26)33/h5-12,19-20,29-30H,3-4,13-18H2,1-2H3/t29-,30-/m0/s1. The van der Waals surface area contributed by atoms with Crippen LogP contribution in [0.1, 0.15) is 52.9 Å². The maximum atomic E-state index is 14.4. The lowest BCUT2D eigenvalue weighted by atomic mass is 9.75. The SMILES string of the molecule is CCOc1cc2c(cc1OCC)[C@H]1[C@@H](C(=O)N3CCN(c4ccccc4F)CC3)c3ccccc3C(=O)N1CC2. The minimum Gasteiger partial charge on any atom is -0.490 e. The number of piperazine rings is 1. The Morgan fingerprint density at radius 2 is 1.55 bits per heavy atom. The van der Waals surface area contributed by atoms with Crippen molar-refractivity contribution < 1.29 is 23.5 Å². The van der Waals surface area contributed by atoms with Gasteiger partial charge in [0.1, 0.15) is 5.82 Å². The maximum absolute atomic E-state index is 14.4. The van der Waals surface area contributed by atoms with Crippen LogP contribution in [-0.4, -0.2) is 67.6 Å². The number of fused-ring (bicyclic) bond motifs is 4. The molecule has 3 aliphatic rings. The highest BCUT2D eigenvalue weighted by Gasteiger charge is 2.48. The first-order chi connectivity index (χ1) is 19.5. The van der Waals surface area contributed by atoms with Crippen LogP contribution < -0.4 is 14.4 Å². The Balaban J connectivity index is 1.37. The third-order valence-electron chi connectivity index (χ3n) is 8.24. The van der Waals surface area contributed by atoms with Crippen molar-refractivity contribution >= 4 is 17.5 Å². The van der Waals surface area contributed by atoms with Crippen molar-refractivity contribution in [2.24, 2.45) is 0 Å². The molecule has 0 aromatic heterocycles. The van der Waals surface area contributed by atoms with Gasteiger partial charge in [-0.1, -0.05) is 30.3 Å². The largest absolute Gasteiger partial charge is 0.490 e. The van der Waals surface area contributed by atoms with E-state index < -0.39 is 12.0 Å². The molecule has 8 heteroatoms. The Morgan fingerprint density at radius 3 is 2.27 bits per heavy atom. The van der Waals surface area contributed by atoms with Crippen LogP contribution in [0.3, 0.4) is 0 Å². The van der Waals surface area contributed by atoms with E-state index in [0.717, 1.165) is 16.7 Å². The van der Waals surface area contributed by atoms with E-state index in [2.05, 4.69) is 0 Å². The molecule has 6 rings (SSSR count). The van der Waals surface area contributed by atoms with Crippen LogP contribution in [0.15, 0.2) is 60.7 Å². The Morgan fingerprint density at radius 1 is 0.875 bits per heavy atom. The summed E-state index contributed by atoms with van der Waals surface area (Å²) in [6.45, 7) is 7.41. The number of hydrogen-bond acceptors (Lipinski definition) is 5. The number of hydrogen-bond donors (Lipinski definition) is 0. The molecule has 3 aromatic rings. The van der Waals surface area contributed by atoms with Gasteiger partial charge in [-0.15, -0.1) is 0 Å². The number of benzene rings is 3. The van der Waals surface area contributed by atoms with Crippen LogP contribution in [0.25, 0.3) is 0 Å². The number of halogens is 1. The minimum absolute atomic E-state index is 0.0113. The zero-order valence-corrected chi connectivity index (χ0v) is 22.9. The molecular weight excluding hydrogens is 509 g/mol. The van der Waals surface area contributed by atoms with Crippen LogP contribution in [-0.2, 0) is 11.2 Å². The van der Waals surface area contributed by atoms with Crippen molar-refractivity contribution in [3.05, 3.63) is 88.7 Å². The highest BCUT2D eigenvalue weighted by atomic mass is 19.1. The molecule has 208 valence electrons. The van der Waals surface area contributed by atoms with E-state index in [4.69, 9.17) is 9.47 Å². The molecule has 2 amide bonds. The first kappa shape index (κ1) is 26.2. The molecule has 0 aliphatic carbocycles. The number of para-hydroxylation sites is 1. The van der Waals surface area contributed by atoms with Crippen molar-refractivity contribution in [2.45, 2.75) is 32.2 Å². The van der Waals surface area contributed by atoms with Crippen LogP contribution in [0, 0.1) is 5.82 Å². The van der Waals surface area contributed by atoms with Gasteiger partial charge in [0.05, 0.1) is 30.9 Å². The molecule has 3 aromatic carbocycles. The van der Waals surface area contributed by atoms with Crippen LogP contribution >= 0.6 is 0 Å². The van der Waals surface area contributed by atoms with Gasteiger partial charge in [-0.2, -0.15) is 0 Å². The highest BCUT2D eigenvalue weighted by Crippen LogP contribution is 2.49. The van der Waals surface area contributed by atoms with Gasteiger partial charge < -0.3 is 24.2 Å². The van der Waals surface area contributed by atoms with Gasteiger partial charge in [-0.3, -0.25) is 9.59 Å². The first-order valence-electron chi connectivity index (χ1n) is 14.1. The molecule has 0 bridgehead atoms. The molecule has 0 radical (unpaired) electrons. The average Bonchev–Trinajstić information content (AvgIpc) is 2.98. The van der Waals surface area contributed by atoms with E-state index in [9.17, 15) is 14.0 Å². The number of carbonyl (C=O) groups is 2. The normalized spacial score (nSPS) is 20.0. The number of rotatable bonds is 6. The van der Waals surface area contributed by atoms with E-state index in [1.54, 1.807) is 12.1 Å². The zero-order chi connectivity index (χ0) is 27.8. The van der Waals surface area contributed by atoms with Crippen molar-refractivity contribution in [1.82, 2.24) is 9.80 Å². The topological polar surface area (TPSA) is 62.3 Å². The lowest BCUT2D eigenvalue weighted by molar-refractivity contribution is -0.135. The summed E-state index contributed by atoms with van der Waals surface area (Å²) in [6.07, 6.45) is 0.675. The summed E-state index contributed by atoms with van der Waals surface area (Å²) in [5, 5.41) is 0. The van der Waals surface area contributed by atoms with E-state index in [-0.39, 0.29) is 17.6 Å². The molecule has 3 heterocycles. The monoisotopic (exact) mass is 543 g/mol. The minimum atomic E-state index is -0.555. The molecule has 3 aliphatic heterocycles. The predicted molar refractivity (Wildman–Crippen MR) is 151 cm³/mol. The molecular formula is C32H34FN3O4. The fraction of sp³-hybridized carbons (Fsp3) is 0.375. The van der Waals surface area contributed by atoms with E-state index in [1.165, 1.54) is 6.07 Å². The van der Waals surface area contributed by atoms with Gasteiger partial charge in [-0.25, -0.2) is 4.39 Å². The summed E-state index contributed by atoms with van der Waals surface area (Å²) in [4.78, 5) is 33.9. The van der Waals surface area contributed by atoms with Gasteiger partial charge in [0.2, 0.25) is 5.91 Å². The predicted octanol–water partition coefficient (Wildman–Crippen LogP) is 4.81. The molecule has 0 saturated carbocycles. The van der Waals surface area contributed by atoms with Gasteiger partial charge in [0.15, 0.2) is 11.5 Å². The van der Waals surface area contributed by atoms with E-state index >= 15 is 0 Å². The Labute approximate surface area is 234 Å². The van der Waals surface area contributed by atoms with Crippen molar-refractivity contribution in [3.8, 4) is 11.5 Å². The highest BCUT2D eigenvalue weighted by molar-refractivity contribution is 6.01. The van der Waals surface area contributed by atoms with Crippen LogP contribution in [0.2, 0.25) is 0 Å². The summed E-state index contributed by atoms with van der Waals surface area (Å²) in [7, 11) is 0. The van der Waals surface area contributed by atoms with Gasteiger partial charge in [-0.05, 0) is 67.3 Å². The van der Waals surface area contributed by atoms with Crippen molar-refractivity contribution in [3.63, 3.8) is 0 Å². The van der Waals surface area contributed by atoms with E-state index in [1.807, 2.05) is 71.0 Å². The Hall–Kier alpha value is -4.07. The molecule has 0 spiro atoms. The number of nitrogens with zero attached hydrogens (tertiary/aromatic N) is 3. The molecule has 2 atom stereocenters. The summed E-state index contributed by atoms with van der Waals surface area (Å²) in [5.74, 6) is 0.440. The first-order valence-corrected chi connectivity index (χ1v) is 14.1. The lowest BCUT2D eigenvalue weighted by Crippen LogP contribution is -2.54. The molecule has 40 heavy (non-hydrogen) atoms. The molecule has 0 unspecified atom stereocenters. The van der Waals surface area contributed by atoms with Crippen molar-refractivity contribution in [2.75, 3.05) is 50.8 Å². The second-order valence-corrected chi connectivity index (χ2v) is 10.4.